The molecule has 0 radical (unpaired) electrons. The number of carbonyl (C=O) groups excluding carboxylic acids is 2. The molecule has 0 saturated carbocycles. The first kappa shape index (κ1) is 11.7. The molecule has 1 saturated heterocycles. The number of primary amides is 1. The highest BCUT2D eigenvalue weighted by Gasteiger charge is 2.35. The maximum Gasteiger partial charge on any atom is 0.227 e. The summed E-state index contributed by atoms with van der Waals surface area (Å²) < 4.78 is 0. The van der Waals surface area contributed by atoms with Gasteiger partial charge in [0.2, 0.25) is 11.8 Å². The number of anilines is 1. The van der Waals surface area contributed by atoms with Crippen LogP contribution >= 0.6 is 11.6 Å². The van der Waals surface area contributed by atoms with Crippen molar-refractivity contribution in [3.63, 3.8) is 0 Å². The molecule has 2 rings (SSSR count). The zero-order chi connectivity index (χ0) is 12.6. The van der Waals surface area contributed by atoms with Gasteiger partial charge in [-0.05, 0) is 18.2 Å². The quantitative estimate of drug-likeness (QED) is 0.822. The van der Waals surface area contributed by atoms with E-state index in [1.165, 1.54) is 23.1 Å². The van der Waals surface area contributed by atoms with Crippen LogP contribution in [0.3, 0.4) is 0 Å². The normalized spacial score (nSPS) is 19.7. The summed E-state index contributed by atoms with van der Waals surface area (Å²) in [5.41, 5.74) is 5.47. The predicted molar refractivity (Wildman–Crippen MR) is 62.8 cm³/mol. The van der Waals surface area contributed by atoms with Gasteiger partial charge in [0.05, 0.1) is 11.6 Å². The van der Waals surface area contributed by atoms with Crippen LogP contribution in [0.5, 0.6) is 5.75 Å². The molecule has 1 heterocycles. The van der Waals surface area contributed by atoms with Crippen LogP contribution in [0.1, 0.15) is 6.42 Å². The average molecular weight is 255 g/mol. The van der Waals surface area contributed by atoms with Crippen LogP contribution in [0.2, 0.25) is 5.02 Å². The van der Waals surface area contributed by atoms with E-state index in [0.717, 1.165) is 0 Å². The molecule has 0 aromatic heterocycles. The Bertz CT molecular complexity index is 490. The second-order valence-corrected chi connectivity index (χ2v) is 4.38. The molecule has 1 atom stereocenters. The molecule has 2 amide bonds. The van der Waals surface area contributed by atoms with Gasteiger partial charge in [-0.2, -0.15) is 0 Å². The van der Waals surface area contributed by atoms with Crippen molar-refractivity contribution in [1.29, 1.82) is 0 Å². The second kappa shape index (κ2) is 4.25. The highest BCUT2D eigenvalue weighted by Crippen LogP contribution is 2.34. The fourth-order valence-corrected chi connectivity index (χ4v) is 2.01. The Hall–Kier alpha value is -1.75. The van der Waals surface area contributed by atoms with Gasteiger partial charge in [-0.3, -0.25) is 9.59 Å². The van der Waals surface area contributed by atoms with Crippen molar-refractivity contribution in [3.8, 4) is 5.75 Å². The first-order chi connectivity index (χ1) is 7.99. The number of halogens is 1. The van der Waals surface area contributed by atoms with Crippen LogP contribution in [0.4, 0.5) is 5.69 Å². The standard InChI is InChI=1S/C11H11ClN2O3/c12-7-1-2-9(15)8(4-7)14-5-6(11(13)17)3-10(14)16/h1-2,4,6,15H,3,5H2,(H2,13,17). The zero-order valence-corrected chi connectivity index (χ0v) is 9.65. The molecule has 1 aromatic carbocycles. The summed E-state index contributed by atoms with van der Waals surface area (Å²) in [5, 5.41) is 10.1. The topological polar surface area (TPSA) is 83.6 Å². The van der Waals surface area contributed by atoms with E-state index in [1.807, 2.05) is 0 Å². The van der Waals surface area contributed by atoms with Gasteiger partial charge in [0.15, 0.2) is 0 Å². The first-order valence-electron chi connectivity index (χ1n) is 5.07. The smallest absolute Gasteiger partial charge is 0.227 e. The van der Waals surface area contributed by atoms with Crippen molar-refractivity contribution in [2.45, 2.75) is 6.42 Å². The van der Waals surface area contributed by atoms with Crippen LogP contribution in [-0.4, -0.2) is 23.5 Å². The number of benzene rings is 1. The number of hydrogen-bond acceptors (Lipinski definition) is 3. The van der Waals surface area contributed by atoms with Crippen LogP contribution in [0.15, 0.2) is 18.2 Å². The molecular weight excluding hydrogens is 244 g/mol. The maximum atomic E-state index is 11.7. The number of aromatic hydroxyl groups is 1. The van der Waals surface area contributed by atoms with E-state index in [0.29, 0.717) is 10.7 Å². The highest BCUT2D eigenvalue weighted by molar-refractivity contribution is 6.31. The summed E-state index contributed by atoms with van der Waals surface area (Å²) in [5.74, 6) is -1.32. The predicted octanol–water partition coefficient (Wildman–Crippen LogP) is 0.884. The summed E-state index contributed by atoms with van der Waals surface area (Å²) in [6.45, 7) is 0.183. The van der Waals surface area contributed by atoms with Gasteiger partial charge in [-0.15, -0.1) is 0 Å². The highest BCUT2D eigenvalue weighted by atomic mass is 35.5. The summed E-state index contributed by atoms with van der Waals surface area (Å²) in [4.78, 5) is 24.1. The SMILES string of the molecule is NC(=O)C1CC(=O)N(c2cc(Cl)ccc2O)C1. The molecule has 3 N–H and O–H groups in total. The third-order valence-corrected chi connectivity index (χ3v) is 2.99. The zero-order valence-electron chi connectivity index (χ0n) is 8.89. The van der Waals surface area contributed by atoms with Crippen LogP contribution in [0, 0.1) is 5.92 Å². The number of nitrogens with two attached hydrogens (primary N) is 1. The molecule has 0 spiro atoms. The van der Waals surface area contributed by atoms with Gasteiger partial charge in [-0.1, -0.05) is 11.6 Å². The average Bonchev–Trinajstić information content (AvgIpc) is 2.64. The Kier molecular flexibility index (Phi) is 2.93. The lowest BCUT2D eigenvalue weighted by molar-refractivity contribution is -0.123. The Morgan fingerprint density at radius 2 is 2.24 bits per heavy atom. The number of rotatable bonds is 2. The second-order valence-electron chi connectivity index (χ2n) is 3.94. The summed E-state index contributed by atoms with van der Waals surface area (Å²) in [6.07, 6.45) is 0.0707. The minimum atomic E-state index is -0.513. The Labute approximate surface area is 103 Å². The summed E-state index contributed by atoms with van der Waals surface area (Å²) >= 11 is 5.80. The van der Waals surface area contributed by atoms with E-state index in [1.54, 1.807) is 0 Å². The van der Waals surface area contributed by atoms with Gasteiger partial charge in [-0.25, -0.2) is 0 Å². The van der Waals surface area contributed by atoms with E-state index < -0.39 is 11.8 Å². The van der Waals surface area contributed by atoms with Crippen molar-refractivity contribution in [2.24, 2.45) is 11.7 Å². The largest absolute Gasteiger partial charge is 0.506 e. The van der Waals surface area contributed by atoms with Gasteiger partial charge in [0.1, 0.15) is 5.75 Å². The number of phenolic OH excluding ortho intramolecular Hbond substituents is 1. The molecule has 0 aliphatic carbocycles. The third-order valence-electron chi connectivity index (χ3n) is 2.76. The van der Waals surface area contributed by atoms with Gasteiger partial charge >= 0.3 is 0 Å². The summed E-state index contributed by atoms with van der Waals surface area (Å²) in [7, 11) is 0. The van der Waals surface area contributed by atoms with Crippen molar-refractivity contribution >= 4 is 29.1 Å². The van der Waals surface area contributed by atoms with Gasteiger partial charge < -0.3 is 15.7 Å². The van der Waals surface area contributed by atoms with Gasteiger partial charge in [0.25, 0.3) is 0 Å². The molecule has 1 unspecified atom stereocenters. The molecule has 1 aliphatic heterocycles. The minimum absolute atomic E-state index is 0.0483. The van der Waals surface area contributed by atoms with Gasteiger partial charge in [0, 0.05) is 18.0 Å². The molecule has 6 heteroatoms. The first-order valence-corrected chi connectivity index (χ1v) is 5.45. The Morgan fingerprint density at radius 1 is 1.53 bits per heavy atom. The molecule has 5 nitrogen and oxygen atoms in total. The van der Waals surface area contributed by atoms with E-state index in [9.17, 15) is 14.7 Å². The molecule has 1 fully saturated rings. The molecule has 1 aromatic rings. The molecule has 1 aliphatic rings. The molecular formula is C11H11ClN2O3. The lowest BCUT2D eigenvalue weighted by Gasteiger charge is -2.17. The van der Waals surface area contributed by atoms with E-state index in [-0.39, 0.29) is 24.6 Å². The monoisotopic (exact) mass is 254 g/mol. The van der Waals surface area contributed by atoms with E-state index >= 15 is 0 Å². The molecule has 90 valence electrons. The number of phenols is 1. The van der Waals surface area contributed by atoms with Crippen molar-refractivity contribution < 1.29 is 14.7 Å². The molecule has 17 heavy (non-hydrogen) atoms. The maximum absolute atomic E-state index is 11.7. The number of nitrogens with zero attached hydrogens (tertiary/aromatic N) is 1. The Balaban J connectivity index is 2.32. The van der Waals surface area contributed by atoms with Crippen molar-refractivity contribution in [1.82, 2.24) is 0 Å². The lowest BCUT2D eigenvalue weighted by Crippen LogP contribution is -2.28. The Morgan fingerprint density at radius 3 is 2.82 bits per heavy atom. The minimum Gasteiger partial charge on any atom is -0.506 e. The van der Waals surface area contributed by atoms with Crippen LogP contribution in [-0.2, 0) is 9.59 Å². The summed E-state index contributed by atoms with van der Waals surface area (Å²) in [6, 6.07) is 4.41. The number of hydrogen-bond donors (Lipinski definition) is 2. The number of amides is 2. The van der Waals surface area contributed by atoms with E-state index in [2.05, 4.69) is 0 Å². The third kappa shape index (κ3) is 2.19. The number of carbonyl (C=O) groups is 2. The van der Waals surface area contributed by atoms with Crippen molar-refractivity contribution in [2.75, 3.05) is 11.4 Å². The fraction of sp³-hybridized carbons (Fsp3) is 0.273. The lowest BCUT2D eigenvalue weighted by atomic mass is 10.1. The van der Waals surface area contributed by atoms with Crippen LogP contribution < -0.4 is 10.6 Å². The van der Waals surface area contributed by atoms with Crippen LogP contribution in [0.25, 0.3) is 0 Å². The van der Waals surface area contributed by atoms with Crippen molar-refractivity contribution in [3.05, 3.63) is 23.2 Å². The van der Waals surface area contributed by atoms with E-state index in [4.69, 9.17) is 17.3 Å². The molecule has 0 bridgehead atoms. The fourth-order valence-electron chi connectivity index (χ4n) is 1.84.